The van der Waals surface area contributed by atoms with Gasteiger partial charge in [0, 0.05) is 49.7 Å². The van der Waals surface area contributed by atoms with Crippen LogP contribution in [0.3, 0.4) is 0 Å². The first-order chi connectivity index (χ1) is 17.5. The van der Waals surface area contributed by atoms with E-state index in [1.54, 1.807) is 23.2 Å². The van der Waals surface area contributed by atoms with Crippen LogP contribution in [0.5, 0.6) is 0 Å². The molecule has 9 nitrogen and oxygen atoms in total. The number of imidazole rings is 1. The van der Waals surface area contributed by atoms with Gasteiger partial charge in [0.25, 0.3) is 11.5 Å². The number of rotatable bonds is 11. The third-order valence-electron chi connectivity index (χ3n) is 6.12. The van der Waals surface area contributed by atoms with Crippen molar-refractivity contribution in [2.45, 2.75) is 19.9 Å². The SMILES string of the molecule is CCN(CCN)C(=O)c1ccc(-c2cn3cc(-c4ccc(CNCCCN)cc4)c(=O)[nH]c3n2)cc1. The lowest BCUT2D eigenvalue weighted by atomic mass is 10.1. The molecule has 0 radical (unpaired) electrons. The fourth-order valence-corrected chi connectivity index (χ4v) is 4.08. The average Bonchev–Trinajstić information content (AvgIpc) is 3.32. The summed E-state index contributed by atoms with van der Waals surface area (Å²) in [5, 5.41) is 3.35. The highest BCUT2D eigenvalue weighted by Crippen LogP contribution is 2.22. The summed E-state index contributed by atoms with van der Waals surface area (Å²) in [4.78, 5) is 34.6. The van der Waals surface area contributed by atoms with Crippen molar-refractivity contribution in [1.82, 2.24) is 24.6 Å². The van der Waals surface area contributed by atoms with Gasteiger partial charge in [-0.15, -0.1) is 0 Å². The van der Waals surface area contributed by atoms with E-state index in [0.717, 1.165) is 36.2 Å². The van der Waals surface area contributed by atoms with Crippen LogP contribution < -0.4 is 22.3 Å². The van der Waals surface area contributed by atoms with Crippen LogP contribution in [0, 0.1) is 0 Å². The normalized spacial score (nSPS) is 11.2. The molecule has 1 amide bonds. The number of nitrogens with zero attached hydrogens (tertiary/aromatic N) is 3. The Labute approximate surface area is 210 Å². The number of carbonyl (C=O) groups excluding carboxylic acids is 1. The van der Waals surface area contributed by atoms with Crippen molar-refractivity contribution < 1.29 is 4.79 Å². The molecular weight excluding hydrogens is 454 g/mol. The molecule has 0 saturated carbocycles. The predicted octanol–water partition coefficient (Wildman–Crippen LogP) is 2.22. The number of likely N-dealkylation sites (N-methyl/N-ethyl adjacent to an activating group) is 1. The maximum atomic E-state index is 12.8. The van der Waals surface area contributed by atoms with E-state index in [1.807, 2.05) is 53.9 Å². The van der Waals surface area contributed by atoms with Crippen molar-refractivity contribution in [3.05, 3.63) is 82.4 Å². The van der Waals surface area contributed by atoms with E-state index in [1.165, 1.54) is 0 Å². The summed E-state index contributed by atoms with van der Waals surface area (Å²) in [5.41, 5.74) is 15.6. The van der Waals surface area contributed by atoms with Crippen LogP contribution in [-0.4, -0.2) is 57.9 Å². The maximum Gasteiger partial charge on any atom is 0.260 e. The molecule has 6 N–H and O–H groups in total. The standard InChI is InChI=1S/C27H33N7O2/c1-2-33(15-13-29)26(36)22-10-8-21(9-11-22)24-18-34-17-23(25(35)32-27(34)31-24)20-6-4-19(5-7-20)16-30-14-3-12-28/h4-11,17-18,30H,2-3,12-16,28-29H2,1H3,(H,31,32,35). The number of nitrogens with one attached hydrogen (secondary N) is 2. The van der Waals surface area contributed by atoms with Crippen LogP contribution >= 0.6 is 0 Å². The van der Waals surface area contributed by atoms with Crippen LogP contribution in [0.15, 0.2) is 65.7 Å². The monoisotopic (exact) mass is 487 g/mol. The molecule has 9 heteroatoms. The second kappa shape index (κ2) is 11.8. The van der Waals surface area contributed by atoms with Crippen molar-refractivity contribution in [3.63, 3.8) is 0 Å². The van der Waals surface area contributed by atoms with Gasteiger partial charge in [-0.3, -0.25) is 19.0 Å². The zero-order valence-electron chi connectivity index (χ0n) is 20.5. The zero-order chi connectivity index (χ0) is 25.5. The van der Waals surface area contributed by atoms with E-state index in [4.69, 9.17) is 11.5 Å². The molecule has 0 aliphatic carbocycles. The van der Waals surface area contributed by atoms with Gasteiger partial charge in [-0.2, -0.15) is 0 Å². The molecule has 4 rings (SSSR count). The Morgan fingerprint density at radius 3 is 2.42 bits per heavy atom. The van der Waals surface area contributed by atoms with E-state index >= 15 is 0 Å². The Hall–Kier alpha value is -3.79. The second-order valence-electron chi connectivity index (χ2n) is 8.62. The van der Waals surface area contributed by atoms with E-state index in [2.05, 4.69) is 15.3 Å². The Bertz CT molecular complexity index is 1360. The fraction of sp³-hybridized carbons (Fsp3) is 0.296. The highest BCUT2D eigenvalue weighted by atomic mass is 16.2. The number of benzene rings is 2. The van der Waals surface area contributed by atoms with Crippen molar-refractivity contribution in [2.75, 3.05) is 32.7 Å². The van der Waals surface area contributed by atoms with Gasteiger partial charge in [-0.1, -0.05) is 36.4 Å². The lowest BCUT2D eigenvalue weighted by Crippen LogP contribution is -2.35. The van der Waals surface area contributed by atoms with Crippen LogP contribution in [0.25, 0.3) is 28.2 Å². The topological polar surface area (TPSA) is 135 Å². The smallest absolute Gasteiger partial charge is 0.260 e. The first kappa shape index (κ1) is 25.3. The number of carbonyl (C=O) groups is 1. The molecule has 0 fully saturated rings. The summed E-state index contributed by atoms with van der Waals surface area (Å²) in [7, 11) is 0. The lowest BCUT2D eigenvalue weighted by Gasteiger charge is -2.19. The van der Waals surface area contributed by atoms with E-state index in [-0.39, 0.29) is 11.5 Å². The molecule has 0 bridgehead atoms. The summed E-state index contributed by atoms with van der Waals surface area (Å²) in [6.07, 6.45) is 4.60. The number of aromatic amines is 1. The molecule has 188 valence electrons. The molecule has 0 aliphatic rings. The molecule has 0 saturated heterocycles. The number of fused-ring (bicyclic) bond motifs is 1. The average molecular weight is 488 g/mol. The third-order valence-corrected chi connectivity index (χ3v) is 6.12. The highest BCUT2D eigenvalue weighted by Gasteiger charge is 2.14. The second-order valence-corrected chi connectivity index (χ2v) is 8.62. The molecular formula is C27H33N7O2. The predicted molar refractivity (Wildman–Crippen MR) is 143 cm³/mol. The van der Waals surface area contributed by atoms with Gasteiger partial charge >= 0.3 is 0 Å². The molecule has 2 heterocycles. The van der Waals surface area contributed by atoms with Gasteiger partial charge in [-0.25, -0.2) is 4.98 Å². The van der Waals surface area contributed by atoms with Gasteiger partial charge in [0.2, 0.25) is 5.78 Å². The number of H-pyrrole nitrogens is 1. The molecule has 4 aromatic rings. The Morgan fingerprint density at radius 1 is 1.03 bits per heavy atom. The van der Waals surface area contributed by atoms with Crippen molar-refractivity contribution >= 4 is 11.7 Å². The number of aromatic nitrogens is 3. The van der Waals surface area contributed by atoms with Crippen molar-refractivity contribution in [1.29, 1.82) is 0 Å². The Balaban J connectivity index is 1.54. The number of nitrogens with two attached hydrogens (primary N) is 2. The summed E-state index contributed by atoms with van der Waals surface area (Å²) in [6, 6.07) is 15.3. The summed E-state index contributed by atoms with van der Waals surface area (Å²) < 4.78 is 1.81. The first-order valence-corrected chi connectivity index (χ1v) is 12.3. The largest absolute Gasteiger partial charge is 0.338 e. The molecule has 2 aromatic heterocycles. The third kappa shape index (κ3) is 5.71. The van der Waals surface area contributed by atoms with Gasteiger partial charge in [0.05, 0.1) is 11.3 Å². The van der Waals surface area contributed by atoms with Gasteiger partial charge in [-0.05, 0) is 49.7 Å². The lowest BCUT2D eigenvalue weighted by molar-refractivity contribution is 0.0769. The van der Waals surface area contributed by atoms with Gasteiger partial charge in [0.15, 0.2) is 0 Å². The molecule has 36 heavy (non-hydrogen) atoms. The fourth-order valence-electron chi connectivity index (χ4n) is 4.08. The van der Waals surface area contributed by atoms with Crippen molar-refractivity contribution in [2.24, 2.45) is 11.5 Å². The molecule has 0 unspecified atom stereocenters. The van der Waals surface area contributed by atoms with Gasteiger partial charge < -0.3 is 21.7 Å². The summed E-state index contributed by atoms with van der Waals surface area (Å²) >= 11 is 0. The summed E-state index contributed by atoms with van der Waals surface area (Å²) in [6.45, 7) is 5.79. The summed E-state index contributed by atoms with van der Waals surface area (Å²) in [5.74, 6) is 0.413. The number of hydrogen-bond acceptors (Lipinski definition) is 6. The van der Waals surface area contributed by atoms with E-state index < -0.39 is 0 Å². The quantitative estimate of drug-likeness (QED) is 0.240. The van der Waals surface area contributed by atoms with Crippen LogP contribution in [0.2, 0.25) is 0 Å². The minimum absolute atomic E-state index is 0.0455. The van der Waals surface area contributed by atoms with Crippen LogP contribution in [0.4, 0.5) is 0 Å². The highest BCUT2D eigenvalue weighted by molar-refractivity contribution is 5.94. The molecule has 0 spiro atoms. The minimum Gasteiger partial charge on any atom is -0.338 e. The molecule has 0 atom stereocenters. The Kier molecular flexibility index (Phi) is 8.27. The zero-order valence-corrected chi connectivity index (χ0v) is 20.5. The number of amides is 1. The van der Waals surface area contributed by atoms with E-state index in [0.29, 0.717) is 48.8 Å². The van der Waals surface area contributed by atoms with Crippen LogP contribution in [0.1, 0.15) is 29.3 Å². The van der Waals surface area contributed by atoms with Crippen molar-refractivity contribution in [3.8, 4) is 22.4 Å². The Morgan fingerprint density at radius 2 is 1.75 bits per heavy atom. The van der Waals surface area contributed by atoms with Crippen LogP contribution in [-0.2, 0) is 6.54 Å². The first-order valence-electron chi connectivity index (χ1n) is 12.3. The van der Waals surface area contributed by atoms with Gasteiger partial charge in [0.1, 0.15) is 0 Å². The molecule has 0 aliphatic heterocycles. The number of hydrogen-bond donors (Lipinski definition) is 4. The maximum absolute atomic E-state index is 12.8. The minimum atomic E-state index is -0.200. The molecule has 2 aromatic carbocycles. The van der Waals surface area contributed by atoms with E-state index in [9.17, 15) is 9.59 Å².